The molecule has 5 heteroatoms. The molecule has 1 unspecified atom stereocenters. The number of hydrogen-bond donors (Lipinski definition) is 2. The second-order valence-corrected chi connectivity index (χ2v) is 6.56. The molecule has 1 spiro atoms. The lowest BCUT2D eigenvalue weighted by Crippen LogP contribution is -2.48. The van der Waals surface area contributed by atoms with Gasteiger partial charge in [0, 0.05) is 13.1 Å². The number of imide groups is 1. The highest BCUT2D eigenvalue weighted by Gasteiger charge is 2.52. The molecule has 102 valence electrons. The van der Waals surface area contributed by atoms with Crippen LogP contribution in [0.15, 0.2) is 0 Å². The van der Waals surface area contributed by atoms with Gasteiger partial charge in [0.1, 0.15) is 5.54 Å². The molecule has 5 nitrogen and oxygen atoms in total. The van der Waals surface area contributed by atoms with E-state index < -0.39 is 5.54 Å². The predicted octanol–water partition coefficient (Wildman–Crippen LogP) is 1.10. The Balaban J connectivity index is 1.93. The van der Waals surface area contributed by atoms with Gasteiger partial charge in [-0.3, -0.25) is 9.69 Å². The van der Waals surface area contributed by atoms with Gasteiger partial charge < -0.3 is 10.6 Å². The van der Waals surface area contributed by atoms with Gasteiger partial charge in [0.15, 0.2) is 0 Å². The smallest absolute Gasteiger partial charge is 0.322 e. The van der Waals surface area contributed by atoms with Crippen LogP contribution in [0, 0.1) is 5.41 Å². The van der Waals surface area contributed by atoms with Crippen molar-refractivity contribution < 1.29 is 9.59 Å². The van der Waals surface area contributed by atoms with Gasteiger partial charge in [0.2, 0.25) is 0 Å². The average Bonchev–Trinajstić information content (AvgIpc) is 2.78. The summed E-state index contributed by atoms with van der Waals surface area (Å²) in [4.78, 5) is 25.6. The fraction of sp³-hybridized carbons (Fsp3) is 0.846. The Morgan fingerprint density at radius 1 is 1.33 bits per heavy atom. The maximum atomic E-state index is 12.3. The average molecular weight is 253 g/mol. The first kappa shape index (κ1) is 13.3. The maximum absolute atomic E-state index is 12.3. The van der Waals surface area contributed by atoms with Crippen LogP contribution in [0.3, 0.4) is 0 Å². The SMILES string of the molecule is CC(C)(C)CCCN1C(=O)NC2(CCNC2)C1=O. The van der Waals surface area contributed by atoms with Crippen LogP contribution in [0.4, 0.5) is 4.79 Å². The van der Waals surface area contributed by atoms with Crippen molar-refractivity contribution in [2.75, 3.05) is 19.6 Å². The first-order valence-corrected chi connectivity index (χ1v) is 6.69. The van der Waals surface area contributed by atoms with Gasteiger partial charge in [-0.1, -0.05) is 20.8 Å². The van der Waals surface area contributed by atoms with E-state index in [4.69, 9.17) is 0 Å². The normalized spacial score (nSPS) is 28.3. The van der Waals surface area contributed by atoms with E-state index in [0.29, 0.717) is 19.5 Å². The number of rotatable bonds is 3. The molecule has 0 radical (unpaired) electrons. The van der Waals surface area contributed by atoms with Crippen LogP contribution in [0.25, 0.3) is 0 Å². The Hall–Kier alpha value is -1.10. The van der Waals surface area contributed by atoms with Gasteiger partial charge in [-0.15, -0.1) is 0 Å². The van der Waals surface area contributed by atoms with Crippen molar-refractivity contribution in [2.45, 2.75) is 45.6 Å². The third-order valence-corrected chi connectivity index (χ3v) is 3.71. The van der Waals surface area contributed by atoms with Crippen LogP contribution in [0.5, 0.6) is 0 Å². The van der Waals surface area contributed by atoms with Gasteiger partial charge in [-0.2, -0.15) is 0 Å². The van der Waals surface area contributed by atoms with Crippen molar-refractivity contribution in [2.24, 2.45) is 5.41 Å². The lowest BCUT2D eigenvalue weighted by Gasteiger charge is -2.21. The van der Waals surface area contributed by atoms with Crippen molar-refractivity contribution in [3.8, 4) is 0 Å². The van der Waals surface area contributed by atoms with Crippen LogP contribution in [0.1, 0.15) is 40.0 Å². The molecule has 2 fully saturated rings. The Morgan fingerprint density at radius 3 is 2.61 bits per heavy atom. The van der Waals surface area contributed by atoms with E-state index in [1.165, 1.54) is 4.90 Å². The minimum absolute atomic E-state index is 0.0496. The number of nitrogens with zero attached hydrogens (tertiary/aromatic N) is 1. The Kier molecular flexibility index (Phi) is 3.36. The minimum Gasteiger partial charge on any atom is -0.322 e. The summed E-state index contributed by atoms with van der Waals surface area (Å²) in [7, 11) is 0. The summed E-state index contributed by atoms with van der Waals surface area (Å²) >= 11 is 0. The van der Waals surface area contributed by atoms with Crippen LogP contribution < -0.4 is 10.6 Å². The molecule has 18 heavy (non-hydrogen) atoms. The van der Waals surface area contributed by atoms with E-state index in [2.05, 4.69) is 31.4 Å². The predicted molar refractivity (Wildman–Crippen MR) is 69.2 cm³/mol. The minimum atomic E-state index is -0.654. The van der Waals surface area contributed by atoms with E-state index in [-0.39, 0.29) is 17.4 Å². The van der Waals surface area contributed by atoms with E-state index in [1.807, 2.05) is 0 Å². The number of carbonyl (C=O) groups excluding carboxylic acids is 2. The van der Waals surface area contributed by atoms with E-state index in [1.54, 1.807) is 0 Å². The molecule has 2 aliphatic heterocycles. The molecule has 0 saturated carbocycles. The van der Waals surface area contributed by atoms with Crippen molar-refractivity contribution in [1.82, 2.24) is 15.5 Å². The first-order chi connectivity index (χ1) is 8.34. The molecule has 2 N–H and O–H groups in total. The number of urea groups is 1. The summed E-state index contributed by atoms with van der Waals surface area (Å²) in [5.41, 5.74) is -0.412. The second kappa shape index (κ2) is 4.53. The van der Waals surface area contributed by atoms with Crippen LogP contribution in [0.2, 0.25) is 0 Å². The highest BCUT2D eigenvalue weighted by molar-refractivity contribution is 6.07. The zero-order chi connectivity index (χ0) is 13.4. The van der Waals surface area contributed by atoms with E-state index in [9.17, 15) is 9.59 Å². The van der Waals surface area contributed by atoms with Crippen molar-refractivity contribution in [3.63, 3.8) is 0 Å². The maximum Gasteiger partial charge on any atom is 0.325 e. The molecule has 0 bridgehead atoms. The molecular formula is C13H23N3O2. The van der Waals surface area contributed by atoms with Gasteiger partial charge in [-0.25, -0.2) is 4.79 Å². The Morgan fingerprint density at radius 2 is 2.06 bits per heavy atom. The summed E-state index contributed by atoms with van der Waals surface area (Å²) < 4.78 is 0. The summed E-state index contributed by atoms with van der Waals surface area (Å²) in [5, 5.41) is 6.00. The largest absolute Gasteiger partial charge is 0.325 e. The molecule has 2 heterocycles. The molecule has 0 aromatic rings. The Labute approximate surface area is 108 Å². The van der Waals surface area contributed by atoms with E-state index in [0.717, 1.165) is 19.4 Å². The summed E-state index contributed by atoms with van der Waals surface area (Å²) in [6.07, 6.45) is 2.58. The van der Waals surface area contributed by atoms with Gasteiger partial charge in [0.05, 0.1) is 0 Å². The van der Waals surface area contributed by atoms with E-state index >= 15 is 0 Å². The van der Waals surface area contributed by atoms with Crippen molar-refractivity contribution >= 4 is 11.9 Å². The van der Waals surface area contributed by atoms with Gasteiger partial charge in [-0.05, 0) is 31.2 Å². The van der Waals surface area contributed by atoms with Crippen LogP contribution in [-0.4, -0.2) is 42.0 Å². The molecule has 0 aliphatic carbocycles. The molecule has 2 rings (SSSR count). The number of nitrogens with one attached hydrogen (secondary N) is 2. The second-order valence-electron chi connectivity index (χ2n) is 6.56. The molecule has 2 aliphatic rings. The molecule has 1 atom stereocenters. The zero-order valence-corrected chi connectivity index (χ0v) is 11.5. The molecular weight excluding hydrogens is 230 g/mol. The number of amides is 3. The van der Waals surface area contributed by atoms with Crippen molar-refractivity contribution in [3.05, 3.63) is 0 Å². The lowest BCUT2D eigenvalue weighted by atomic mass is 9.90. The van der Waals surface area contributed by atoms with Crippen LogP contribution >= 0.6 is 0 Å². The van der Waals surface area contributed by atoms with Crippen molar-refractivity contribution in [1.29, 1.82) is 0 Å². The highest BCUT2D eigenvalue weighted by atomic mass is 16.2. The topological polar surface area (TPSA) is 61.4 Å². The first-order valence-electron chi connectivity index (χ1n) is 6.69. The molecule has 2 saturated heterocycles. The van der Waals surface area contributed by atoms with Gasteiger partial charge in [0.25, 0.3) is 5.91 Å². The van der Waals surface area contributed by atoms with Gasteiger partial charge >= 0.3 is 6.03 Å². The zero-order valence-electron chi connectivity index (χ0n) is 11.5. The third kappa shape index (κ3) is 2.51. The third-order valence-electron chi connectivity index (χ3n) is 3.71. The monoisotopic (exact) mass is 253 g/mol. The fourth-order valence-corrected chi connectivity index (χ4v) is 2.63. The quantitative estimate of drug-likeness (QED) is 0.740. The molecule has 0 aromatic carbocycles. The Bertz CT molecular complexity index is 354. The highest BCUT2D eigenvalue weighted by Crippen LogP contribution is 2.26. The molecule has 0 aromatic heterocycles. The van der Waals surface area contributed by atoms with Crippen LogP contribution in [-0.2, 0) is 4.79 Å². The lowest BCUT2D eigenvalue weighted by molar-refractivity contribution is -0.130. The molecule has 3 amide bonds. The number of carbonyl (C=O) groups is 2. The fourth-order valence-electron chi connectivity index (χ4n) is 2.63. The summed E-state index contributed by atoms with van der Waals surface area (Å²) in [6, 6.07) is -0.224. The standard InChI is InChI=1S/C13H23N3O2/c1-12(2,3)5-4-8-16-10(17)13(15-11(16)18)6-7-14-9-13/h14H,4-9H2,1-3H3,(H,15,18). The number of hydrogen-bond acceptors (Lipinski definition) is 3. The summed E-state index contributed by atoms with van der Waals surface area (Å²) in [6.45, 7) is 8.39. The summed E-state index contributed by atoms with van der Waals surface area (Å²) in [5.74, 6) is -0.0496.